The van der Waals surface area contributed by atoms with Gasteiger partial charge >= 0.3 is 0 Å². The molecule has 2 aliphatic heterocycles. The number of imidazole rings is 1. The highest BCUT2D eigenvalue weighted by Crippen LogP contribution is 2.32. The zero-order valence-electron chi connectivity index (χ0n) is 26.7. The standard InChI is InChI=1S/C33H37F2N7O7/c1-16-13-18(40-29-30-38-14-21(42(30)12-9-37-29)20-5-6-22(48-2)25(35)24(20)34)3-4-19(16)32(46)41-10-7-17(8-11-41)31(45)39-15-23-27(43)28(44)26(36)33(47)49-23/h3-6,9,12-14,17,23,26-28,33,43-44,47H,7-8,10-11,15,36H2,1-2H3,(H,37,40)(H,39,45)/t23-,26-,27-,28-,33+/m1/s1. The van der Waals surface area contributed by atoms with Gasteiger partial charge < -0.3 is 46.1 Å². The predicted molar refractivity (Wildman–Crippen MR) is 172 cm³/mol. The largest absolute Gasteiger partial charge is 0.494 e. The fraction of sp³-hybridized carbons (Fsp3) is 0.394. The summed E-state index contributed by atoms with van der Waals surface area (Å²) in [7, 11) is 1.26. The Labute approximate surface area is 279 Å². The molecule has 0 aliphatic carbocycles. The third-order valence-corrected chi connectivity index (χ3v) is 9.09. The fourth-order valence-electron chi connectivity index (χ4n) is 6.21. The number of benzene rings is 2. The van der Waals surface area contributed by atoms with Crippen LogP contribution >= 0.6 is 0 Å². The average Bonchev–Trinajstić information content (AvgIpc) is 3.54. The molecule has 7 N–H and O–H groups in total. The molecular weight excluding hydrogens is 644 g/mol. The van der Waals surface area contributed by atoms with Crippen molar-refractivity contribution in [2.45, 2.75) is 50.4 Å². The molecule has 4 aromatic rings. The second kappa shape index (κ2) is 14.0. The maximum Gasteiger partial charge on any atom is 0.254 e. The smallest absolute Gasteiger partial charge is 0.254 e. The molecule has 2 aromatic heterocycles. The van der Waals surface area contributed by atoms with E-state index in [1.165, 1.54) is 31.6 Å². The van der Waals surface area contributed by atoms with E-state index in [-0.39, 0.29) is 35.6 Å². The summed E-state index contributed by atoms with van der Waals surface area (Å²) in [6, 6.07) is 6.84. The molecule has 5 atom stereocenters. The van der Waals surface area contributed by atoms with Gasteiger partial charge in [0.25, 0.3) is 5.91 Å². The lowest BCUT2D eigenvalue weighted by molar-refractivity contribution is -0.240. The molecule has 2 aromatic carbocycles. The fourth-order valence-corrected chi connectivity index (χ4v) is 6.21. The molecule has 0 radical (unpaired) electrons. The molecule has 6 rings (SSSR count). The number of nitrogens with one attached hydrogen (secondary N) is 2. The molecule has 0 spiro atoms. The summed E-state index contributed by atoms with van der Waals surface area (Å²) < 4.78 is 41.0. The zero-order valence-corrected chi connectivity index (χ0v) is 26.7. The molecule has 2 fully saturated rings. The first-order chi connectivity index (χ1) is 23.5. The number of anilines is 2. The van der Waals surface area contributed by atoms with Crippen LogP contribution in [-0.4, -0.2) is 104 Å². The molecule has 2 saturated heterocycles. The van der Waals surface area contributed by atoms with E-state index in [0.717, 1.165) is 0 Å². The SMILES string of the molecule is COc1ccc(-c2cnc3c(Nc4ccc(C(=O)N5CCC(C(=O)NC[C@H]6O[C@H](O)[C@H](N)[C@@H](O)[C@@H]6O)CC5)c(C)c4)nccn23)c(F)c1F. The lowest BCUT2D eigenvalue weighted by atomic mass is 9.94. The lowest BCUT2D eigenvalue weighted by Gasteiger charge is -2.39. The Morgan fingerprint density at radius 3 is 2.55 bits per heavy atom. The number of aliphatic hydroxyl groups excluding tert-OH is 3. The summed E-state index contributed by atoms with van der Waals surface area (Å²) in [6.07, 6.45) is 0.123. The van der Waals surface area contributed by atoms with Crippen molar-refractivity contribution in [3.05, 3.63) is 71.7 Å². The maximum absolute atomic E-state index is 14.9. The van der Waals surface area contributed by atoms with E-state index in [2.05, 4.69) is 20.6 Å². The number of rotatable bonds is 8. The van der Waals surface area contributed by atoms with Crippen molar-refractivity contribution in [2.75, 3.05) is 32.1 Å². The molecule has 0 saturated carbocycles. The van der Waals surface area contributed by atoms with Crippen LogP contribution in [0, 0.1) is 24.5 Å². The number of carbonyl (C=O) groups excluding carboxylic acids is 2. The molecule has 16 heteroatoms. The van der Waals surface area contributed by atoms with Gasteiger partial charge in [0.15, 0.2) is 29.3 Å². The monoisotopic (exact) mass is 681 g/mol. The Bertz CT molecular complexity index is 1870. The quantitative estimate of drug-likeness (QED) is 0.158. The van der Waals surface area contributed by atoms with Gasteiger partial charge in [0.05, 0.1) is 25.0 Å². The Morgan fingerprint density at radius 2 is 1.84 bits per heavy atom. The second-order valence-corrected chi connectivity index (χ2v) is 12.1. The highest BCUT2D eigenvalue weighted by atomic mass is 19.2. The van der Waals surface area contributed by atoms with E-state index >= 15 is 0 Å². The van der Waals surface area contributed by atoms with Gasteiger partial charge in [-0.15, -0.1) is 0 Å². The molecule has 2 amide bonds. The Balaban J connectivity index is 1.07. The van der Waals surface area contributed by atoms with E-state index in [4.69, 9.17) is 15.2 Å². The molecule has 14 nitrogen and oxygen atoms in total. The Hall–Kier alpha value is -4.74. The molecule has 0 bridgehead atoms. The number of hydrogen-bond donors (Lipinski definition) is 6. The second-order valence-electron chi connectivity index (χ2n) is 12.1. The minimum absolute atomic E-state index is 0.00675. The number of ether oxygens (including phenoxy) is 2. The third kappa shape index (κ3) is 6.65. The third-order valence-electron chi connectivity index (χ3n) is 9.09. The number of nitrogens with zero attached hydrogens (tertiary/aromatic N) is 4. The first kappa shape index (κ1) is 34.1. The van der Waals surface area contributed by atoms with Crippen LogP contribution in [0.3, 0.4) is 0 Å². The number of amides is 2. The zero-order chi connectivity index (χ0) is 35.0. The summed E-state index contributed by atoms with van der Waals surface area (Å²) in [6.45, 7) is 2.41. The van der Waals surface area contributed by atoms with Gasteiger partial charge in [-0.05, 0) is 55.7 Å². The normalized spacial score (nSPS) is 23.0. The van der Waals surface area contributed by atoms with E-state index in [0.29, 0.717) is 59.9 Å². The van der Waals surface area contributed by atoms with E-state index in [1.807, 2.05) is 6.92 Å². The van der Waals surface area contributed by atoms with Crippen LogP contribution in [0.15, 0.2) is 48.9 Å². The summed E-state index contributed by atoms with van der Waals surface area (Å²) in [4.78, 5) is 36.7. The van der Waals surface area contributed by atoms with Crippen LogP contribution in [-0.2, 0) is 9.53 Å². The van der Waals surface area contributed by atoms with Crippen LogP contribution in [0.25, 0.3) is 16.9 Å². The highest BCUT2D eigenvalue weighted by molar-refractivity contribution is 5.96. The van der Waals surface area contributed by atoms with E-state index in [9.17, 15) is 33.7 Å². The van der Waals surface area contributed by atoms with Gasteiger partial charge in [-0.25, -0.2) is 14.4 Å². The van der Waals surface area contributed by atoms with Crippen molar-refractivity contribution in [1.29, 1.82) is 0 Å². The van der Waals surface area contributed by atoms with Gasteiger partial charge in [-0.3, -0.25) is 14.0 Å². The number of carbonyl (C=O) groups is 2. The molecule has 4 heterocycles. The molecule has 2 aliphatic rings. The number of piperidine rings is 1. The van der Waals surface area contributed by atoms with Crippen LogP contribution in [0.5, 0.6) is 5.75 Å². The van der Waals surface area contributed by atoms with Crippen molar-refractivity contribution in [2.24, 2.45) is 11.7 Å². The van der Waals surface area contributed by atoms with E-state index < -0.39 is 42.3 Å². The summed E-state index contributed by atoms with van der Waals surface area (Å²) in [5, 5.41) is 35.9. The number of halogens is 2. The number of aliphatic hydroxyl groups is 3. The van der Waals surface area contributed by atoms with Crippen molar-refractivity contribution in [1.82, 2.24) is 24.6 Å². The predicted octanol–water partition coefficient (Wildman–Crippen LogP) is 1.47. The number of aromatic nitrogens is 3. The number of hydrogen-bond acceptors (Lipinski definition) is 11. The van der Waals surface area contributed by atoms with Crippen LogP contribution < -0.4 is 21.1 Å². The average molecular weight is 682 g/mol. The minimum atomic E-state index is -1.47. The molecule has 260 valence electrons. The lowest BCUT2D eigenvalue weighted by Crippen LogP contribution is -2.63. The number of aryl methyl sites for hydroxylation is 1. The first-order valence-corrected chi connectivity index (χ1v) is 15.7. The first-order valence-electron chi connectivity index (χ1n) is 15.7. The summed E-state index contributed by atoms with van der Waals surface area (Å²) in [5.74, 6) is -2.81. The maximum atomic E-state index is 14.9. The van der Waals surface area contributed by atoms with Crippen molar-refractivity contribution >= 4 is 29.0 Å². The molecule has 49 heavy (non-hydrogen) atoms. The van der Waals surface area contributed by atoms with Crippen molar-refractivity contribution < 1.29 is 43.2 Å². The highest BCUT2D eigenvalue weighted by Gasteiger charge is 2.42. The molecular formula is C33H37F2N7O7. The van der Waals surface area contributed by atoms with Gasteiger partial charge in [0.1, 0.15) is 18.3 Å². The summed E-state index contributed by atoms with van der Waals surface area (Å²) in [5.41, 5.74) is 8.12. The van der Waals surface area contributed by atoms with Crippen LogP contribution in [0.1, 0.15) is 28.8 Å². The topological polar surface area (TPSA) is 197 Å². The van der Waals surface area contributed by atoms with Crippen LogP contribution in [0.2, 0.25) is 0 Å². The number of likely N-dealkylation sites (tertiary alicyclic amines) is 1. The van der Waals surface area contributed by atoms with Crippen molar-refractivity contribution in [3.63, 3.8) is 0 Å². The number of methoxy groups -OCH3 is 1. The summed E-state index contributed by atoms with van der Waals surface area (Å²) >= 11 is 0. The van der Waals surface area contributed by atoms with Gasteiger partial charge in [0, 0.05) is 54.8 Å². The van der Waals surface area contributed by atoms with Crippen LogP contribution in [0.4, 0.5) is 20.3 Å². The van der Waals surface area contributed by atoms with E-state index in [1.54, 1.807) is 33.7 Å². The number of nitrogens with two attached hydrogens (primary N) is 1. The van der Waals surface area contributed by atoms with Crippen molar-refractivity contribution in [3.8, 4) is 17.0 Å². The van der Waals surface area contributed by atoms with Gasteiger partial charge in [-0.2, -0.15) is 4.39 Å². The molecule has 0 unspecified atom stereocenters. The van der Waals surface area contributed by atoms with Gasteiger partial charge in [0.2, 0.25) is 11.7 Å². The number of fused-ring (bicyclic) bond motifs is 1. The Morgan fingerprint density at radius 1 is 1.08 bits per heavy atom. The minimum Gasteiger partial charge on any atom is -0.494 e. The van der Waals surface area contributed by atoms with Gasteiger partial charge in [-0.1, -0.05) is 0 Å². The Kier molecular flexibility index (Phi) is 9.76.